The van der Waals surface area contributed by atoms with Gasteiger partial charge in [-0.15, -0.1) is 11.3 Å². The highest BCUT2D eigenvalue weighted by Gasteiger charge is 2.29. The van der Waals surface area contributed by atoms with Crippen molar-refractivity contribution in [2.24, 2.45) is 0 Å². The lowest BCUT2D eigenvalue weighted by molar-refractivity contribution is -0.383. The van der Waals surface area contributed by atoms with E-state index in [1.165, 1.54) is 17.4 Å². The minimum Gasteiger partial charge on any atom is -0.388 e. The van der Waals surface area contributed by atoms with Crippen LogP contribution >= 0.6 is 11.3 Å². The molecule has 0 bridgehead atoms. The third-order valence-corrected chi connectivity index (χ3v) is 4.28. The zero-order valence-corrected chi connectivity index (χ0v) is 11.1. The van der Waals surface area contributed by atoms with E-state index in [0.29, 0.717) is 29.6 Å². The van der Waals surface area contributed by atoms with E-state index in [0.717, 1.165) is 0 Å². The molecule has 1 aromatic rings. The highest BCUT2D eigenvalue weighted by molar-refractivity contribution is 7.16. The molecule has 7 heteroatoms. The van der Waals surface area contributed by atoms with Gasteiger partial charge in [-0.1, -0.05) is 0 Å². The zero-order chi connectivity index (χ0) is 13.3. The van der Waals surface area contributed by atoms with Crippen molar-refractivity contribution >= 4 is 22.0 Å². The summed E-state index contributed by atoms with van der Waals surface area (Å²) in [6.07, 6.45) is -0.682. The summed E-state index contributed by atoms with van der Waals surface area (Å²) < 4.78 is 5.33. The molecule has 1 unspecified atom stereocenters. The summed E-state index contributed by atoms with van der Waals surface area (Å²) in [4.78, 5) is 13.3. The Hall–Kier alpha value is -1.18. The molecule has 1 fully saturated rings. The van der Waals surface area contributed by atoms with Crippen LogP contribution < -0.4 is 4.90 Å². The Morgan fingerprint density at radius 2 is 2.44 bits per heavy atom. The van der Waals surface area contributed by atoms with Crippen LogP contribution in [-0.4, -0.2) is 35.8 Å². The van der Waals surface area contributed by atoms with E-state index in [9.17, 15) is 15.2 Å². The summed E-state index contributed by atoms with van der Waals surface area (Å²) in [5, 5.41) is 21.2. The fourth-order valence-electron chi connectivity index (χ4n) is 1.96. The van der Waals surface area contributed by atoms with Gasteiger partial charge in [-0.05, 0) is 13.8 Å². The Morgan fingerprint density at radius 3 is 3.00 bits per heavy atom. The van der Waals surface area contributed by atoms with Crippen molar-refractivity contribution < 1.29 is 14.8 Å². The number of hydrogen-bond acceptors (Lipinski definition) is 6. The number of nitro groups is 1. The summed E-state index contributed by atoms with van der Waals surface area (Å²) in [5.74, 6) is 0. The molecule has 6 nitrogen and oxygen atoms in total. The molecule has 0 amide bonds. The third kappa shape index (κ3) is 2.47. The summed E-state index contributed by atoms with van der Waals surface area (Å²) in [7, 11) is 0. The van der Waals surface area contributed by atoms with Crippen LogP contribution in [0.5, 0.6) is 0 Å². The predicted octanol–water partition coefficient (Wildman–Crippen LogP) is 1.93. The van der Waals surface area contributed by atoms with Gasteiger partial charge in [-0.3, -0.25) is 10.1 Å². The number of thiophene rings is 1. The summed E-state index contributed by atoms with van der Waals surface area (Å²) in [6.45, 7) is 5.37. The predicted molar refractivity (Wildman–Crippen MR) is 69.2 cm³/mol. The van der Waals surface area contributed by atoms with E-state index in [2.05, 4.69) is 0 Å². The normalized spacial score (nSPS) is 21.9. The Kier molecular flexibility index (Phi) is 3.84. The van der Waals surface area contributed by atoms with Crippen LogP contribution in [0.4, 0.5) is 10.7 Å². The molecule has 0 radical (unpaired) electrons. The lowest BCUT2D eigenvalue weighted by Crippen LogP contribution is -2.43. The number of morpholine rings is 1. The monoisotopic (exact) mass is 272 g/mol. The molecular weight excluding hydrogens is 256 g/mol. The number of aliphatic hydroxyl groups is 1. The third-order valence-electron chi connectivity index (χ3n) is 2.95. The first-order valence-electron chi connectivity index (χ1n) is 5.81. The topological polar surface area (TPSA) is 75.8 Å². The van der Waals surface area contributed by atoms with Crippen molar-refractivity contribution in [3.8, 4) is 0 Å². The molecule has 100 valence electrons. The average Bonchev–Trinajstić information content (AvgIpc) is 2.74. The first-order chi connectivity index (χ1) is 8.50. The maximum atomic E-state index is 11.1. The molecule has 1 aromatic heterocycles. The molecule has 18 heavy (non-hydrogen) atoms. The molecule has 2 rings (SSSR count). The van der Waals surface area contributed by atoms with Gasteiger partial charge < -0.3 is 14.7 Å². The van der Waals surface area contributed by atoms with Gasteiger partial charge in [0.1, 0.15) is 0 Å². The minimum atomic E-state index is -0.682. The first kappa shape index (κ1) is 13.3. The first-order valence-corrected chi connectivity index (χ1v) is 6.63. The number of hydrogen-bond donors (Lipinski definition) is 1. The summed E-state index contributed by atoms with van der Waals surface area (Å²) >= 11 is 1.28. The van der Waals surface area contributed by atoms with Crippen LogP contribution in [0.1, 0.15) is 24.8 Å². The Bertz CT molecular complexity index is 446. The standard InChI is InChI=1S/C11H16N2O4S/c1-7-6-17-4-3-12(7)11-9(13(15)16)5-10(18-11)8(2)14/h5,7-8,14H,3-4,6H2,1-2H3/t7?,8-/m1/s1. The second-order valence-electron chi connectivity index (χ2n) is 4.39. The van der Waals surface area contributed by atoms with Gasteiger partial charge in [0.15, 0.2) is 5.00 Å². The van der Waals surface area contributed by atoms with Crippen LogP contribution in [0.15, 0.2) is 6.07 Å². The summed E-state index contributed by atoms with van der Waals surface area (Å²) in [6, 6.07) is 1.57. The van der Waals surface area contributed by atoms with E-state index >= 15 is 0 Å². The van der Waals surface area contributed by atoms with Gasteiger partial charge in [0.05, 0.1) is 30.3 Å². The van der Waals surface area contributed by atoms with Crippen LogP contribution in [0.2, 0.25) is 0 Å². The van der Waals surface area contributed by atoms with E-state index in [-0.39, 0.29) is 16.7 Å². The summed E-state index contributed by atoms with van der Waals surface area (Å²) in [5.41, 5.74) is 0.0738. The van der Waals surface area contributed by atoms with Crippen molar-refractivity contribution in [2.45, 2.75) is 26.0 Å². The molecule has 1 aliphatic rings. The van der Waals surface area contributed by atoms with Gasteiger partial charge in [0, 0.05) is 17.5 Å². The van der Waals surface area contributed by atoms with Crippen LogP contribution in [0.3, 0.4) is 0 Å². The van der Waals surface area contributed by atoms with Crippen molar-refractivity contribution in [3.05, 3.63) is 21.1 Å². The molecule has 1 N–H and O–H groups in total. The average molecular weight is 272 g/mol. The van der Waals surface area contributed by atoms with Crippen molar-refractivity contribution in [2.75, 3.05) is 24.7 Å². The molecule has 0 aliphatic carbocycles. The lowest BCUT2D eigenvalue weighted by atomic mass is 10.2. The molecule has 0 spiro atoms. The van der Waals surface area contributed by atoms with E-state index < -0.39 is 6.10 Å². The van der Waals surface area contributed by atoms with Gasteiger partial charge in [-0.25, -0.2) is 0 Å². The second kappa shape index (κ2) is 5.21. The maximum Gasteiger partial charge on any atom is 0.304 e. The second-order valence-corrected chi connectivity index (χ2v) is 5.45. The molecule has 2 heterocycles. The fourth-order valence-corrected chi connectivity index (χ4v) is 3.15. The number of rotatable bonds is 3. The molecule has 1 aliphatic heterocycles. The quantitative estimate of drug-likeness (QED) is 0.672. The highest BCUT2D eigenvalue weighted by Crippen LogP contribution is 2.41. The fraction of sp³-hybridized carbons (Fsp3) is 0.636. The van der Waals surface area contributed by atoms with Crippen molar-refractivity contribution in [1.82, 2.24) is 0 Å². The van der Waals surface area contributed by atoms with Gasteiger partial charge in [0.25, 0.3) is 0 Å². The Balaban J connectivity index is 2.38. The number of nitrogens with zero attached hydrogens (tertiary/aromatic N) is 2. The Labute approximate surface area is 109 Å². The van der Waals surface area contributed by atoms with E-state index in [1.54, 1.807) is 6.92 Å². The Morgan fingerprint density at radius 1 is 1.72 bits per heavy atom. The smallest absolute Gasteiger partial charge is 0.304 e. The highest BCUT2D eigenvalue weighted by atomic mass is 32.1. The molecule has 1 saturated heterocycles. The zero-order valence-electron chi connectivity index (χ0n) is 10.3. The van der Waals surface area contributed by atoms with Gasteiger partial charge in [0.2, 0.25) is 0 Å². The van der Waals surface area contributed by atoms with Crippen molar-refractivity contribution in [1.29, 1.82) is 0 Å². The SMILES string of the molecule is CC1COCCN1c1sc([C@@H](C)O)cc1[N+](=O)[O-]. The largest absolute Gasteiger partial charge is 0.388 e. The minimum absolute atomic E-state index is 0.0738. The molecular formula is C11H16N2O4S. The van der Waals surface area contributed by atoms with E-state index in [1.807, 2.05) is 11.8 Å². The number of aliphatic hydroxyl groups excluding tert-OH is 1. The number of anilines is 1. The lowest BCUT2D eigenvalue weighted by Gasteiger charge is -2.33. The van der Waals surface area contributed by atoms with Crippen LogP contribution in [-0.2, 0) is 4.74 Å². The van der Waals surface area contributed by atoms with Gasteiger partial charge in [-0.2, -0.15) is 0 Å². The van der Waals surface area contributed by atoms with E-state index in [4.69, 9.17) is 4.74 Å². The van der Waals surface area contributed by atoms with Crippen LogP contribution in [0.25, 0.3) is 0 Å². The van der Waals surface area contributed by atoms with Gasteiger partial charge >= 0.3 is 5.69 Å². The number of ether oxygens (including phenoxy) is 1. The molecule has 0 aromatic carbocycles. The molecule has 2 atom stereocenters. The van der Waals surface area contributed by atoms with Crippen LogP contribution in [0, 0.1) is 10.1 Å². The van der Waals surface area contributed by atoms with Crippen molar-refractivity contribution in [3.63, 3.8) is 0 Å². The molecule has 0 saturated carbocycles. The maximum absolute atomic E-state index is 11.1.